The molecule has 1 saturated carbocycles. The normalized spacial score (nSPS) is 41.2. The molecule has 2 rings (SSSR count). The van der Waals surface area contributed by atoms with E-state index in [9.17, 15) is 13.2 Å². The van der Waals surface area contributed by atoms with Crippen LogP contribution < -0.4 is 0 Å². The molecule has 3 atom stereocenters. The van der Waals surface area contributed by atoms with E-state index >= 15 is 0 Å². The number of hydrogen-bond donors (Lipinski definition) is 0. The largest absolute Gasteiger partial charge is 0.391 e. The third kappa shape index (κ3) is 2.65. The Bertz CT molecular complexity index is 252. The molecule has 1 saturated heterocycles. The average Bonchev–Trinajstić information content (AvgIpc) is 2.16. The molecule has 16 heavy (non-hydrogen) atoms. The van der Waals surface area contributed by atoms with Gasteiger partial charge in [0, 0.05) is 12.0 Å². The fourth-order valence-electron chi connectivity index (χ4n) is 2.89. The van der Waals surface area contributed by atoms with E-state index in [1.165, 1.54) is 0 Å². The maximum Gasteiger partial charge on any atom is 0.391 e. The molecule has 0 bridgehead atoms. The van der Waals surface area contributed by atoms with Crippen molar-refractivity contribution in [3.8, 4) is 0 Å². The summed E-state index contributed by atoms with van der Waals surface area (Å²) in [7, 11) is 0. The van der Waals surface area contributed by atoms with Crippen molar-refractivity contribution in [2.24, 2.45) is 5.92 Å². The van der Waals surface area contributed by atoms with Crippen molar-refractivity contribution in [2.45, 2.75) is 55.7 Å². The van der Waals surface area contributed by atoms with Gasteiger partial charge in [0.2, 0.25) is 0 Å². The van der Waals surface area contributed by atoms with Crippen molar-refractivity contribution < 1.29 is 17.9 Å². The third-order valence-corrected chi connectivity index (χ3v) is 4.07. The van der Waals surface area contributed by atoms with Crippen LogP contribution in [0.5, 0.6) is 0 Å². The predicted octanol–water partition coefficient (Wildman–Crippen LogP) is 3.90. The van der Waals surface area contributed by atoms with Crippen LogP contribution in [0.4, 0.5) is 13.2 Å². The Morgan fingerprint density at radius 2 is 1.94 bits per heavy atom. The number of hydrogen-bond acceptors (Lipinski definition) is 1. The van der Waals surface area contributed by atoms with Crippen molar-refractivity contribution in [2.75, 3.05) is 6.61 Å². The Morgan fingerprint density at radius 3 is 2.56 bits per heavy atom. The van der Waals surface area contributed by atoms with Crippen LogP contribution in [0, 0.1) is 5.92 Å². The summed E-state index contributed by atoms with van der Waals surface area (Å²) in [6, 6.07) is 0. The number of alkyl halides is 4. The quantitative estimate of drug-likeness (QED) is 0.598. The van der Waals surface area contributed by atoms with E-state index in [0.717, 1.165) is 12.8 Å². The first-order chi connectivity index (χ1) is 7.41. The van der Waals surface area contributed by atoms with Gasteiger partial charge in [-0.05, 0) is 38.5 Å². The van der Waals surface area contributed by atoms with Crippen LogP contribution in [-0.4, -0.2) is 23.8 Å². The monoisotopic (exact) mass is 256 g/mol. The van der Waals surface area contributed by atoms with Crippen molar-refractivity contribution in [3.63, 3.8) is 0 Å². The minimum Gasteiger partial charge on any atom is -0.375 e. The Labute approximate surface area is 98.3 Å². The van der Waals surface area contributed by atoms with Crippen molar-refractivity contribution in [1.82, 2.24) is 0 Å². The molecule has 5 heteroatoms. The van der Waals surface area contributed by atoms with Crippen molar-refractivity contribution in [3.05, 3.63) is 0 Å². The van der Waals surface area contributed by atoms with Gasteiger partial charge in [-0.25, -0.2) is 0 Å². The van der Waals surface area contributed by atoms with E-state index in [4.69, 9.17) is 16.3 Å². The molecule has 2 aliphatic rings. The van der Waals surface area contributed by atoms with Gasteiger partial charge in [-0.15, -0.1) is 11.6 Å². The molecule has 94 valence electrons. The molecule has 1 aliphatic heterocycles. The van der Waals surface area contributed by atoms with Gasteiger partial charge in [-0.3, -0.25) is 0 Å². The van der Waals surface area contributed by atoms with Gasteiger partial charge in [-0.1, -0.05) is 0 Å². The zero-order valence-corrected chi connectivity index (χ0v) is 9.78. The zero-order valence-electron chi connectivity index (χ0n) is 9.02. The molecule has 0 aromatic heterocycles. The molecular formula is C11H16ClF3O. The maximum atomic E-state index is 12.7. The predicted molar refractivity (Wildman–Crippen MR) is 55.6 cm³/mol. The lowest BCUT2D eigenvalue weighted by molar-refractivity contribution is -0.212. The van der Waals surface area contributed by atoms with Crippen molar-refractivity contribution in [1.29, 1.82) is 0 Å². The fourth-order valence-corrected chi connectivity index (χ4v) is 3.26. The molecule has 2 fully saturated rings. The third-order valence-electron chi connectivity index (χ3n) is 3.70. The van der Waals surface area contributed by atoms with Crippen LogP contribution >= 0.6 is 11.6 Å². The Balaban J connectivity index is 2.05. The molecule has 1 heterocycles. The second-order valence-electron chi connectivity index (χ2n) is 4.96. The highest BCUT2D eigenvalue weighted by Crippen LogP contribution is 2.47. The second kappa shape index (κ2) is 4.37. The van der Waals surface area contributed by atoms with E-state index in [-0.39, 0.29) is 18.2 Å². The summed E-state index contributed by atoms with van der Waals surface area (Å²) in [5.74, 6) is -1.21. The number of ether oxygens (including phenoxy) is 1. The van der Waals surface area contributed by atoms with E-state index in [1.54, 1.807) is 0 Å². The van der Waals surface area contributed by atoms with Gasteiger partial charge in [-0.2, -0.15) is 13.2 Å². The van der Waals surface area contributed by atoms with Gasteiger partial charge < -0.3 is 4.74 Å². The smallest absolute Gasteiger partial charge is 0.375 e. The van der Waals surface area contributed by atoms with Crippen LogP contribution in [-0.2, 0) is 4.74 Å². The van der Waals surface area contributed by atoms with Gasteiger partial charge in [0.05, 0.1) is 11.5 Å². The summed E-state index contributed by atoms with van der Waals surface area (Å²) < 4.78 is 43.7. The van der Waals surface area contributed by atoms with Gasteiger partial charge >= 0.3 is 6.18 Å². The summed E-state index contributed by atoms with van der Waals surface area (Å²) in [6.07, 6.45) is -1.12. The molecule has 0 amide bonds. The average molecular weight is 257 g/mol. The van der Waals surface area contributed by atoms with Crippen LogP contribution in [0.25, 0.3) is 0 Å². The summed E-state index contributed by atoms with van der Waals surface area (Å²) in [5.41, 5.74) is -0.594. The highest BCUT2D eigenvalue weighted by molar-refractivity contribution is 6.20. The molecule has 0 aromatic rings. The van der Waals surface area contributed by atoms with Gasteiger partial charge in [0.1, 0.15) is 0 Å². The van der Waals surface area contributed by atoms with E-state index in [0.29, 0.717) is 19.4 Å². The number of halogens is 4. The second-order valence-corrected chi connectivity index (χ2v) is 5.57. The molecule has 1 nitrogen and oxygen atoms in total. The highest BCUT2D eigenvalue weighted by Gasteiger charge is 2.49. The summed E-state index contributed by atoms with van der Waals surface area (Å²) in [5, 5.41) is -0.0271. The lowest BCUT2D eigenvalue weighted by Crippen LogP contribution is -2.46. The minimum atomic E-state index is -4.09. The van der Waals surface area contributed by atoms with E-state index in [1.807, 2.05) is 0 Å². The summed E-state index contributed by atoms with van der Waals surface area (Å²) >= 11 is 6.04. The summed E-state index contributed by atoms with van der Waals surface area (Å²) in [6.45, 7) is 0.499. The SMILES string of the molecule is FC(F)(F)C1CCCC2(CC(Cl)CCO2)C1. The van der Waals surface area contributed by atoms with E-state index < -0.39 is 17.7 Å². The topological polar surface area (TPSA) is 9.23 Å². The highest BCUT2D eigenvalue weighted by atomic mass is 35.5. The Kier molecular flexibility index (Phi) is 3.41. The summed E-state index contributed by atoms with van der Waals surface area (Å²) in [4.78, 5) is 0. The van der Waals surface area contributed by atoms with Gasteiger partial charge in [0.25, 0.3) is 0 Å². The molecule has 0 N–H and O–H groups in total. The maximum absolute atomic E-state index is 12.7. The Morgan fingerprint density at radius 1 is 1.19 bits per heavy atom. The molecule has 1 aliphatic carbocycles. The van der Waals surface area contributed by atoms with Crippen LogP contribution in [0.15, 0.2) is 0 Å². The molecule has 0 aromatic carbocycles. The molecule has 0 radical (unpaired) electrons. The minimum absolute atomic E-state index is 0.0271. The van der Waals surface area contributed by atoms with Crippen LogP contribution in [0.1, 0.15) is 38.5 Å². The van der Waals surface area contributed by atoms with Crippen LogP contribution in [0.3, 0.4) is 0 Å². The molecular weight excluding hydrogens is 241 g/mol. The number of rotatable bonds is 0. The van der Waals surface area contributed by atoms with Gasteiger partial charge in [0.15, 0.2) is 0 Å². The molecule has 1 spiro atoms. The van der Waals surface area contributed by atoms with E-state index in [2.05, 4.69) is 0 Å². The molecule has 3 unspecified atom stereocenters. The first-order valence-electron chi connectivity index (χ1n) is 5.76. The lowest BCUT2D eigenvalue weighted by Gasteiger charge is -2.45. The standard InChI is InChI=1S/C11H16ClF3O/c12-9-3-5-16-10(7-9)4-1-2-8(6-10)11(13,14)15/h8-9H,1-7H2. The Hall–Kier alpha value is 0.0400. The first kappa shape index (κ1) is 12.5. The first-order valence-corrected chi connectivity index (χ1v) is 6.20. The zero-order chi connectivity index (χ0) is 11.8. The fraction of sp³-hybridized carbons (Fsp3) is 1.00. The van der Waals surface area contributed by atoms with Crippen molar-refractivity contribution >= 4 is 11.6 Å². The van der Waals surface area contributed by atoms with Crippen LogP contribution in [0.2, 0.25) is 0 Å². The lowest BCUT2D eigenvalue weighted by atomic mass is 9.74.